The molecule has 3 saturated carbocycles. The number of hydrogen-bond acceptors (Lipinski definition) is 5. The van der Waals surface area contributed by atoms with Gasteiger partial charge in [-0.15, -0.1) is 0 Å². The van der Waals surface area contributed by atoms with Crippen LogP contribution in [0.5, 0.6) is 11.5 Å². The number of nitrogens with one attached hydrogen (secondary N) is 2. The highest BCUT2D eigenvalue weighted by Crippen LogP contribution is 2.49. The van der Waals surface area contributed by atoms with Crippen molar-refractivity contribution >= 4 is 35.1 Å². The topological polar surface area (TPSA) is 114 Å². The van der Waals surface area contributed by atoms with Gasteiger partial charge in [-0.2, -0.15) is 13.2 Å². The Morgan fingerprint density at radius 2 is 1.67 bits per heavy atom. The lowest BCUT2D eigenvalue weighted by molar-refractivity contribution is -0.143. The minimum atomic E-state index is -4.62. The number of fused-ring (bicyclic) bond motifs is 2. The van der Waals surface area contributed by atoms with Gasteiger partial charge < -0.3 is 25.2 Å². The van der Waals surface area contributed by atoms with Gasteiger partial charge in [0.25, 0.3) is 5.91 Å². The van der Waals surface area contributed by atoms with Crippen molar-refractivity contribution in [2.24, 2.45) is 23.7 Å². The zero-order chi connectivity index (χ0) is 31.1. The molecule has 5 rings (SSSR count). The molecule has 0 aromatic heterocycles. The van der Waals surface area contributed by atoms with Gasteiger partial charge in [-0.3, -0.25) is 14.4 Å². The summed E-state index contributed by atoms with van der Waals surface area (Å²) in [6.07, 6.45) is -1.27. The monoisotopic (exact) mass is 626 g/mol. The van der Waals surface area contributed by atoms with Gasteiger partial charge in [0.05, 0.1) is 46.9 Å². The molecule has 2 bridgehead atoms. The van der Waals surface area contributed by atoms with E-state index in [1.165, 1.54) is 13.2 Å². The second-order valence-electron chi connectivity index (χ2n) is 11.5. The molecule has 2 amide bonds. The predicted octanol–water partition coefficient (Wildman–Crippen LogP) is 6.31. The van der Waals surface area contributed by atoms with E-state index in [1.807, 2.05) is 0 Å². The summed E-state index contributed by atoms with van der Waals surface area (Å²) in [4.78, 5) is 38.2. The summed E-state index contributed by atoms with van der Waals surface area (Å²) >= 11 is 6.09. The maximum atomic E-state index is 14.9. The number of anilines is 1. The Morgan fingerprint density at radius 3 is 2.33 bits per heavy atom. The first-order chi connectivity index (χ1) is 20.3. The van der Waals surface area contributed by atoms with Gasteiger partial charge in [0.15, 0.2) is 11.6 Å². The summed E-state index contributed by atoms with van der Waals surface area (Å²) in [6, 6.07) is 4.32. The van der Waals surface area contributed by atoms with Crippen molar-refractivity contribution < 1.29 is 46.5 Å². The van der Waals surface area contributed by atoms with E-state index in [-0.39, 0.29) is 39.6 Å². The minimum Gasteiger partial charge on any atom is -0.496 e. The van der Waals surface area contributed by atoms with Crippen molar-refractivity contribution in [2.75, 3.05) is 12.4 Å². The number of benzene rings is 2. The summed E-state index contributed by atoms with van der Waals surface area (Å²) in [5.41, 5.74) is -1.14. The van der Waals surface area contributed by atoms with Crippen LogP contribution < -0.4 is 20.1 Å². The van der Waals surface area contributed by atoms with Gasteiger partial charge in [-0.05, 0) is 81.0 Å². The zero-order valence-corrected chi connectivity index (χ0v) is 23.9. The number of hydrogen-bond donors (Lipinski definition) is 3. The van der Waals surface area contributed by atoms with Crippen LogP contribution in [-0.4, -0.2) is 42.1 Å². The molecule has 0 aliphatic heterocycles. The second kappa shape index (κ2) is 12.2. The zero-order valence-electron chi connectivity index (χ0n) is 23.2. The summed E-state index contributed by atoms with van der Waals surface area (Å²) < 4.78 is 65.8. The van der Waals surface area contributed by atoms with Crippen LogP contribution in [0.15, 0.2) is 30.3 Å². The number of carboxylic acid groups (broad SMARTS) is 1. The van der Waals surface area contributed by atoms with Crippen LogP contribution in [0.25, 0.3) is 0 Å². The molecule has 0 saturated heterocycles. The fourth-order valence-electron chi connectivity index (χ4n) is 6.70. The Bertz CT molecular complexity index is 1410. The highest BCUT2D eigenvalue weighted by molar-refractivity contribution is 6.33. The number of carboxylic acids is 1. The van der Waals surface area contributed by atoms with E-state index in [2.05, 4.69) is 10.6 Å². The Hall–Kier alpha value is -3.54. The fraction of sp³-hybridized carbons (Fsp3) is 0.500. The second-order valence-corrected chi connectivity index (χ2v) is 11.9. The summed E-state index contributed by atoms with van der Waals surface area (Å²) in [5.74, 6) is -4.33. The molecule has 0 unspecified atom stereocenters. The van der Waals surface area contributed by atoms with E-state index in [0.29, 0.717) is 32.1 Å². The third kappa shape index (κ3) is 6.53. The quantitative estimate of drug-likeness (QED) is 0.296. The molecule has 4 atom stereocenters. The maximum Gasteiger partial charge on any atom is 0.416 e. The first-order valence-electron chi connectivity index (χ1n) is 14.1. The normalized spacial score (nSPS) is 26.6. The van der Waals surface area contributed by atoms with E-state index in [1.54, 1.807) is 0 Å². The van der Waals surface area contributed by atoms with E-state index >= 15 is 0 Å². The molecular formula is C30H31ClF4N2O6. The fourth-order valence-corrected chi connectivity index (χ4v) is 6.86. The molecule has 2 aromatic carbocycles. The van der Waals surface area contributed by atoms with Crippen LogP contribution in [0.2, 0.25) is 5.02 Å². The van der Waals surface area contributed by atoms with E-state index in [0.717, 1.165) is 37.1 Å². The third-order valence-electron chi connectivity index (χ3n) is 8.88. The van der Waals surface area contributed by atoms with E-state index < -0.39 is 59.3 Å². The SMILES string of the molecule is COc1cc(F)c(O[C@H]2CC[C@@H](C(=O)O)CC2)cc1C(=O)N[C@@H]1[C@H]2CC[C@H](C2)[C@@H]1C(=O)Nc1cc(C(F)(F)F)ccc1Cl. The molecule has 2 aromatic rings. The van der Waals surface area contributed by atoms with Crippen LogP contribution in [0.4, 0.5) is 23.2 Å². The highest BCUT2D eigenvalue weighted by Gasteiger charge is 2.51. The Morgan fingerprint density at radius 1 is 0.977 bits per heavy atom. The van der Waals surface area contributed by atoms with Gasteiger partial charge in [-0.25, -0.2) is 4.39 Å². The Kier molecular flexibility index (Phi) is 8.78. The standard InChI is InChI=1S/C30H31ClF4N2O6/c1-42-23-13-21(32)24(43-18-7-4-14(5-8-18)29(40)41)12-19(23)27(38)37-26-16-3-2-15(10-16)25(26)28(39)36-22-11-17(30(33,34)35)6-9-20(22)31/h6,9,11-16,18,25-26H,2-5,7-8,10H2,1H3,(H,36,39)(H,37,38)(H,40,41)/t14-,15-,16+,18+,25+,26-/m1/s1. The smallest absolute Gasteiger partial charge is 0.416 e. The number of aliphatic carboxylic acids is 1. The van der Waals surface area contributed by atoms with Gasteiger partial charge in [-0.1, -0.05) is 11.6 Å². The van der Waals surface area contributed by atoms with Gasteiger partial charge in [0, 0.05) is 12.1 Å². The molecule has 0 heterocycles. The first-order valence-corrected chi connectivity index (χ1v) is 14.5. The number of ether oxygens (including phenoxy) is 2. The summed E-state index contributed by atoms with van der Waals surface area (Å²) in [5, 5.41) is 14.6. The highest BCUT2D eigenvalue weighted by atomic mass is 35.5. The molecular weight excluding hydrogens is 596 g/mol. The average molecular weight is 627 g/mol. The van der Waals surface area contributed by atoms with Gasteiger partial charge in [0.1, 0.15) is 5.75 Å². The molecule has 8 nitrogen and oxygen atoms in total. The number of methoxy groups -OCH3 is 1. The van der Waals surface area contributed by atoms with Crippen molar-refractivity contribution in [2.45, 2.75) is 63.3 Å². The molecule has 0 spiro atoms. The molecule has 232 valence electrons. The largest absolute Gasteiger partial charge is 0.496 e. The van der Waals surface area contributed by atoms with Crippen molar-refractivity contribution in [1.82, 2.24) is 5.32 Å². The van der Waals surface area contributed by atoms with E-state index in [9.17, 15) is 37.1 Å². The molecule has 43 heavy (non-hydrogen) atoms. The molecule has 13 heteroatoms. The Balaban J connectivity index is 1.33. The lowest BCUT2D eigenvalue weighted by atomic mass is 9.83. The molecule has 3 aliphatic carbocycles. The minimum absolute atomic E-state index is 0.0130. The van der Waals surface area contributed by atoms with Crippen LogP contribution >= 0.6 is 11.6 Å². The number of alkyl halides is 3. The molecule has 0 radical (unpaired) electrons. The average Bonchev–Trinajstić information content (AvgIpc) is 3.56. The third-order valence-corrected chi connectivity index (χ3v) is 9.21. The lowest BCUT2D eigenvalue weighted by Crippen LogP contribution is -2.48. The molecule has 3 fully saturated rings. The number of carbonyl (C=O) groups is 3. The Labute approximate surface area is 250 Å². The molecule has 3 aliphatic rings. The van der Waals surface area contributed by atoms with Crippen LogP contribution in [0.1, 0.15) is 60.9 Å². The predicted molar refractivity (Wildman–Crippen MR) is 148 cm³/mol. The van der Waals surface area contributed by atoms with Gasteiger partial charge in [0.2, 0.25) is 5.91 Å². The number of rotatable bonds is 8. The summed E-state index contributed by atoms with van der Waals surface area (Å²) in [6.45, 7) is 0. The van der Waals surface area contributed by atoms with Crippen molar-refractivity contribution in [1.29, 1.82) is 0 Å². The number of amides is 2. The van der Waals surface area contributed by atoms with Crippen molar-refractivity contribution in [3.8, 4) is 11.5 Å². The van der Waals surface area contributed by atoms with Crippen molar-refractivity contribution in [3.05, 3.63) is 52.3 Å². The lowest BCUT2D eigenvalue weighted by Gasteiger charge is -2.31. The van der Waals surface area contributed by atoms with Crippen LogP contribution in [0, 0.1) is 29.5 Å². The number of carbonyl (C=O) groups excluding carboxylic acids is 2. The summed E-state index contributed by atoms with van der Waals surface area (Å²) in [7, 11) is 1.28. The molecule has 3 N–H and O–H groups in total. The first kappa shape index (κ1) is 30.9. The maximum absolute atomic E-state index is 14.9. The number of halogens is 5. The van der Waals surface area contributed by atoms with E-state index in [4.69, 9.17) is 21.1 Å². The van der Waals surface area contributed by atoms with Crippen molar-refractivity contribution in [3.63, 3.8) is 0 Å². The van der Waals surface area contributed by atoms with Crippen LogP contribution in [0.3, 0.4) is 0 Å². The van der Waals surface area contributed by atoms with Gasteiger partial charge >= 0.3 is 12.1 Å². The van der Waals surface area contributed by atoms with Crippen LogP contribution in [-0.2, 0) is 15.8 Å².